The lowest BCUT2D eigenvalue weighted by Crippen LogP contribution is -2.59. The maximum atomic E-state index is 13.8. The topological polar surface area (TPSA) is 152 Å². The predicted molar refractivity (Wildman–Crippen MR) is 170 cm³/mol. The Morgan fingerprint density at radius 1 is 1.07 bits per heavy atom. The summed E-state index contributed by atoms with van der Waals surface area (Å²) in [6, 6.07) is -1.32. The highest BCUT2D eigenvalue weighted by Crippen LogP contribution is 2.36. The second-order valence-electron chi connectivity index (χ2n) is 15.0. The number of rotatable bonds is 4. The number of carbonyl (C=O) groups excluding carboxylic acids is 3. The Labute approximate surface area is 269 Å². The fraction of sp³-hybridized carbons (Fsp3) is 0.909. The molecule has 0 unspecified atom stereocenters. The van der Waals surface area contributed by atoms with Gasteiger partial charge in [0.2, 0.25) is 17.7 Å². The fourth-order valence-corrected chi connectivity index (χ4v) is 7.66. The van der Waals surface area contributed by atoms with Gasteiger partial charge in [-0.2, -0.15) is 0 Å². The summed E-state index contributed by atoms with van der Waals surface area (Å²) < 4.78 is 12.5. The van der Waals surface area contributed by atoms with Crippen molar-refractivity contribution in [2.75, 3.05) is 34.2 Å². The van der Waals surface area contributed by atoms with Crippen LogP contribution in [0.15, 0.2) is 0 Å². The van der Waals surface area contributed by atoms with Gasteiger partial charge in [-0.25, -0.2) is 0 Å². The Kier molecular flexibility index (Phi) is 12.9. The van der Waals surface area contributed by atoms with Gasteiger partial charge >= 0.3 is 0 Å². The number of ether oxygens (including phenoxy) is 2. The summed E-state index contributed by atoms with van der Waals surface area (Å²) in [5, 5.41) is 38.0. The van der Waals surface area contributed by atoms with Gasteiger partial charge in [-0.3, -0.25) is 14.4 Å². The molecule has 0 bridgehead atoms. The van der Waals surface area contributed by atoms with Crippen molar-refractivity contribution in [3.05, 3.63) is 0 Å². The van der Waals surface area contributed by atoms with Gasteiger partial charge in [-0.05, 0) is 65.5 Å². The third kappa shape index (κ3) is 8.96. The first kappa shape index (κ1) is 37.6. The molecule has 3 aliphatic heterocycles. The van der Waals surface area contributed by atoms with E-state index in [1.54, 1.807) is 37.6 Å². The Bertz CT molecular complexity index is 1020. The molecular weight excluding hydrogens is 580 g/mol. The third-order valence-electron chi connectivity index (χ3n) is 10.1. The summed E-state index contributed by atoms with van der Waals surface area (Å²) >= 11 is 0. The molecule has 260 valence electrons. The van der Waals surface area contributed by atoms with Crippen LogP contribution in [-0.4, -0.2) is 136 Å². The molecule has 3 heterocycles. The van der Waals surface area contributed by atoms with Crippen LogP contribution in [0.3, 0.4) is 0 Å². The number of carbonyl (C=O) groups is 3. The van der Waals surface area contributed by atoms with Crippen LogP contribution >= 0.6 is 0 Å². The van der Waals surface area contributed by atoms with Gasteiger partial charge in [0.05, 0.1) is 29.8 Å². The van der Waals surface area contributed by atoms with Crippen molar-refractivity contribution in [2.45, 2.75) is 135 Å². The molecule has 0 spiro atoms. The molecule has 3 amide bonds. The molecule has 3 aliphatic rings. The second kappa shape index (κ2) is 15.4. The molecule has 0 aromatic heterocycles. The first-order valence-electron chi connectivity index (χ1n) is 16.8. The lowest BCUT2D eigenvalue weighted by Gasteiger charge is -2.46. The van der Waals surface area contributed by atoms with Gasteiger partial charge in [-0.1, -0.05) is 34.6 Å². The van der Waals surface area contributed by atoms with Crippen molar-refractivity contribution in [3.63, 3.8) is 0 Å². The first-order chi connectivity index (χ1) is 20.8. The molecule has 12 heteroatoms. The monoisotopic (exact) mass is 640 g/mol. The van der Waals surface area contributed by atoms with E-state index in [0.29, 0.717) is 25.9 Å². The van der Waals surface area contributed by atoms with Gasteiger partial charge in [0.15, 0.2) is 6.29 Å². The number of fused-ring (bicyclic) bond motifs is 1. The summed E-state index contributed by atoms with van der Waals surface area (Å²) in [7, 11) is 5.45. The maximum absolute atomic E-state index is 13.8. The third-order valence-corrected chi connectivity index (χ3v) is 10.1. The lowest BCUT2D eigenvalue weighted by molar-refractivity contribution is -0.299. The molecule has 45 heavy (non-hydrogen) atoms. The number of likely N-dealkylation sites (N-methyl/N-ethyl adjacent to an activating group) is 2. The van der Waals surface area contributed by atoms with Gasteiger partial charge in [0, 0.05) is 44.6 Å². The van der Waals surface area contributed by atoms with E-state index in [9.17, 15) is 29.7 Å². The Morgan fingerprint density at radius 3 is 2.31 bits per heavy atom. The van der Waals surface area contributed by atoms with Crippen LogP contribution < -0.4 is 5.32 Å². The van der Waals surface area contributed by atoms with Crippen LogP contribution in [0.1, 0.15) is 80.6 Å². The van der Waals surface area contributed by atoms with Crippen molar-refractivity contribution in [1.29, 1.82) is 0 Å². The highest BCUT2D eigenvalue weighted by molar-refractivity contribution is 5.88. The molecule has 0 radical (unpaired) electrons. The fourth-order valence-electron chi connectivity index (χ4n) is 7.66. The number of aliphatic hydroxyl groups is 3. The van der Waals surface area contributed by atoms with Crippen LogP contribution in [0.5, 0.6) is 0 Å². The minimum Gasteiger partial charge on any atom is -0.392 e. The number of hydrogen-bond acceptors (Lipinski definition) is 9. The summed E-state index contributed by atoms with van der Waals surface area (Å²) in [5.41, 5.74) is -1.54. The number of hydrogen-bond donors (Lipinski definition) is 4. The molecule has 12 atom stereocenters. The molecule has 3 saturated heterocycles. The van der Waals surface area contributed by atoms with Crippen molar-refractivity contribution < 1.29 is 39.2 Å². The van der Waals surface area contributed by atoms with E-state index in [-0.39, 0.29) is 60.6 Å². The number of aliphatic hydroxyl groups excluding tert-OH is 2. The molecule has 0 aliphatic carbocycles. The molecule has 0 aromatic rings. The summed E-state index contributed by atoms with van der Waals surface area (Å²) in [6.07, 6.45) is -2.29. The lowest BCUT2D eigenvalue weighted by atomic mass is 9.77. The van der Waals surface area contributed by atoms with E-state index < -0.39 is 48.1 Å². The summed E-state index contributed by atoms with van der Waals surface area (Å²) in [6.45, 7) is 13.4. The molecule has 12 nitrogen and oxygen atoms in total. The zero-order chi connectivity index (χ0) is 34.0. The highest BCUT2D eigenvalue weighted by atomic mass is 16.7. The summed E-state index contributed by atoms with van der Waals surface area (Å²) in [4.78, 5) is 45.8. The highest BCUT2D eigenvalue weighted by Gasteiger charge is 2.48. The van der Waals surface area contributed by atoms with E-state index in [1.165, 1.54) is 0 Å². The zero-order valence-electron chi connectivity index (χ0n) is 29.1. The minimum absolute atomic E-state index is 0.0727. The molecule has 3 fully saturated rings. The Balaban J connectivity index is 2.01. The van der Waals surface area contributed by atoms with Gasteiger partial charge in [0.25, 0.3) is 0 Å². The van der Waals surface area contributed by atoms with Crippen LogP contribution in [0.2, 0.25) is 0 Å². The minimum atomic E-state index is -1.54. The number of amides is 3. The van der Waals surface area contributed by atoms with Crippen LogP contribution in [-0.2, 0) is 23.9 Å². The SMILES string of the molecule is CC(C)[C@@H]1NC(=O)C[C@H]2CCCN2C(=O)[C@H](C)[C@@H](O)[C@H](C)[C@@H](O[C@@H]2O[C@H](C)C[C@H](N(C)C)[C@H]2O)[C@](C)(O)C[C@@H](C)CN(C)C1=O. The standard InChI is InChI=1S/C33H60N4O8/c1-18(2)26-31(42)36(10)17-19(3)16-33(7,43)29(45-32-28(40)24(35(8)9)14-20(4)44-32)21(5)27(39)22(6)30(41)37-13-11-12-23(37)15-25(38)34-26/h18-24,26-29,32,39-40,43H,11-17H2,1-10H3,(H,34,38)/t19-,20-,21+,22-,23-,24+,26+,27+,28-,29-,32+,33-/m1/s1. The smallest absolute Gasteiger partial charge is 0.245 e. The van der Waals surface area contributed by atoms with Crippen molar-refractivity contribution in [2.24, 2.45) is 23.7 Å². The van der Waals surface area contributed by atoms with E-state index >= 15 is 0 Å². The normalized spacial score (nSPS) is 41.8. The second-order valence-corrected chi connectivity index (χ2v) is 15.0. The average Bonchev–Trinajstić information content (AvgIpc) is 3.40. The molecule has 4 N–H and O–H groups in total. The average molecular weight is 641 g/mol. The number of nitrogens with one attached hydrogen (secondary N) is 1. The van der Waals surface area contributed by atoms with Gasteiger partial charge < -0.3 is 44.8 Å². The van der Waals surface area contributed by atoms with Gasteiger partial charge in [-0.15, -0.1) is 0 Å². The van der Waals surface area contributed by atoms with Crippen LogP contribution in [0, 0.1) is 23.7 Å². The number of nitrogens with zero attached hydrogens (tertiary/aromatic N) is 3. The molecule has 0 aromatic carbocycles. The Hall–Kier alpha value is -1.83. The van der Waals surface area contributed by atoms with Gasteiger partial charge in [0.1, 0.15) is 12.1 Å². The van der Waals surface area contributed by atoms with E-state index in [4.69, 9.17) is 9.47 Å². The molecule has 3 rings (SSSR count). The zero-order valence-corrected chi connectivity index (χ0v) is 29.1. The van der Waals surface area contributed by atoms with Crippen LogP contribution in [0.25, 0.3) is 0 Å². The molecule has 0 saturated carbocycles. The van der Waals surface area contributed by atoms with Crippen molar-refractivity contribution >= 4 is 17.7 Å². The van der Waals surface area contributed by atoms with Crippen molar-refractivity contribution in [1.82, 2.24) is 20.0 Å². The summed E-state index contributed by atoms with van der Waals surface area (Å²) in [5.74, 6) is -2.74. The van der Waals surface area contributed by atoms with Crippen LogP contribution in [0.4, 0.5) is 0 Å². The maximum Gasteiger partial charge on any atom is 0.245 e. The largest absolute Gasteiger partial charge is 0.392 e. The first-order valence-corrected chi connectivity index (χ1v) is 16.8. The van der Waals surface area contributed by atoms with E-state index in [1.807, 2.05) is 46.7 Å². The van der Waals surface area contributed by atoms with Crippen molar-refractivity contribution in [3.8, 4) is 0 Å². The molecular formula is C33H60N4O8. The predicted octanol–water partition coefficient (Wildman–Crippen LogP) is 1.20. The van der Waals surface area contributed by atoms with E-state index in [0.717, 1.165) is 6.42 Å². The Morgan fingerprint density at radius 2 is 1.71 bits per heavy atom. The quantitative estimate of drug-likeness (QED) is 0.355. The van der Waals surface area contributed by atoms with E-state index in [2.05, 4.69) is 5.32 Å².